The van der Waals surface area contributed by atoms with Crippen LogP contribution in [0.4, 0.5) is 5.69 Å². The molecular formula is C14H11BrN4OS. The highest BCUT2D eigenvalue weighted by atomic mass is 79.9. The summed E-state index contributed by atoms with van der Waals surface area (Å²) in [5.41, 5.74) is 7.06. The molecule has 3 aromatic rings. The quantitative estimate of drug-likeness (QED) is 0.572. The standard InChI is InChI=1S/C14H11BrN4OS/c15-9-5-6-13(11(16)7-9)21-8-19-14(20)10-3-1-2-4-12(10)17-18-19/h1-7H,8,16H2. The van der Waals surface area contributed by atoms with Crippen LogP contribution in [-0.2, 0) is 5.88 Å². The molecule has 1 aromatic heterocycles. The molecule has 1 heterocycles. The topological polar surface area (TPSA) is 73.8 Å². The molecule has 2 aromatic carbocycles. The largest absolute Gasteiger partial charge is 0.398 e. The van der Waals surface area contributed by atoms with Crippen molar-refractivity contribution in [3.05, 3.63) is 57.3 Å². The minimum Gasteiger partial charge on any atom is -0.398 e. The molecule has 2 N–H and O–H groups in total. The number of hydrogen-bond donors (Lipinski definition) is 1. The highest BCUT2D eigenvalue weighted by Crippen LogP contribution is 2.28. The third-order valence-electron chi connectivity index (χ3n) is 2.94. The molecule has 0 amide bonds. The molecule has 0 unspecified atom stereocenters. The van der Waals surface area contributed by atoms with Crippen molar-refractivity contribution in [2.24, 2.45) is 0 Å². The molecular weight excluding hydrogens is 352 g/mol. The van der Waals surface area contributed by atoms with Gasteiger partial charge in [-0.25, -0.2) is 4.68 Å². The van der Waals surface area contributed by atoms with E-state index in [1.54, 1.807) is 12.1 Å². The Kier molecular flexibility index (Phi) is 3.94. The third kappa shape index (κ3) is 2.93. The molecule has 0 aliphatic carbocycles. The van der Waals surface area contributed by atoms with Crippen molar-refractivity contribution in [1.82, 2.24) is 15.0 Å². The number of nitrogens with zero attached hydrogens (tertiary/aromatic N) is 3. The molecule has 0 atom stereocenters. The molecule has 0 fully saturated rings. The molecule has 106 valence electrons. The number of benzene rings is 2. The van der Waals surface area contributed by atoms with Gasteiger partial charge in [0.2, 0.25) is 0 Å². The van der Waals surface area contributed by atoms with E-state index in [1.807, 2.05) is 30.3 Å². The van der Waals surface area contributed by atoms with E-state index in [0.29, 0.717) is 22.5 Å². The summed E-state index contributed by atoms with van der Waals surface area (Å²) in [6.45, 7) is 0. The Bertz CT molecular complexity index is 865. The first-order valence-corrected chi connectivity index (χ1v) is 7.93. The number of halogens is 1. The van der Waals surface area contributed by atoms with E-state index < -0.39 is 0 Å². The van der Waals surface area contributed by atoms with Crippen LogP contribution in [-0.4, -0.2) is 15.0 Å². The van der Waals surface area contributed by atoms with E-state index in [1.165, 1.54) is 16.4 Å². The minimum atomic E-state index is -0.149. The lowest BCUT2D eigenvalue weighted by molar-refractivity contribution is 0.645. The van der Waals surface area contributed by atoms with Gasteiger partial charge >= 0.3 is 0 Å². The van der Waals surface area contributed by atoms with E-state index in [0.717, 1.165) is 9.37 Å². The Hall–Kier alpha value is -1.86. The van der Waals surface area contributed by atoms with Gasteiger partial charge in [0.05, 0.1) is 11.3 Å². The normalized spacial score (nSPS) is 10.9. The average molecular weight is 363 g/mol. The Morgan fingerprint density at radius 2 is 2.05 bits per heavy atom. The second-order valence-electron chi connectivity index (χ2n) is 4.37. The summed E-state index contributed by atoms with van der Waals surface area (Å²) in [5, 5.41) is 8.57. The second-order valence-corrected chi connectivity index (χ2v) is 6.27. The van der Waals surface area contributed by atoms with Crippen molar-refractivity contribution >= 4 is 44.3 Å². The summed E-state index contributed by atoms with van der Waals surface area (Å²) in [4.78, 5) is 13.2. The molecule has 0 saturated heterocycles. The Morgan fingerprint density at radius 3 is 2.86 bits per heavy atom. The van der Waals surface area contributed by atoms with Crippen LogP contribution in [0.15, 0.2) is 56.6 Å². The van der Waals surface area contributed by atoms with E-state index in [4.69, 9.17) is 5.73 Å². The number of aromatic nitrogens is 3. The minimum absolute atomic E-state index is 0.149. The van der Waals surface area contributed by atoms with Gasteiger partial charge in [-0.15, -0.1) is 5.10 Å². The fraction of sp³-hybridized carbons (Fsp3) is 0.0714. The average Bonchev–Trinajstić information content (AvgIpc) is 2.48. The van der Waals surface area contributed by atoms with Crippen molar-refractivity contribution in [3.8, 4) is 0 Å². The van der Waals surface area contributed by atoms with Gasteiger partial charge in [0.15, 0.2) is 0 Å². The lowest BCUT2D eigenvalue weighted by atomic mass is 10.2. The number of anilines is 1. The van der Waals surface area contributed by atoms with E-state index in [-0.39, 0.29) is 5.56 Å². The smallest absolute Gasteiger partial charge is 0.278 e. The summed E-state index contributed by atoms with van der Waals surface area (Å²) >= 11 is 4.81. The van der Waals surface area contributed by atoms with E-state index in [2.05, 4.69) is 26.2 Å². The van der Waals surface area contributed by atoms with Crippen molar-refractivity contribution in [3.63, 3.8) is 0 Å². The Labute approximate surface area is 133 Å². The number of nitrogen functional groups attached to an aromatic ring is 1. The van der Waals surface area contributed by atoms with Crippen molar-refractivity contribution in [2.45, 2.75) is 10.8 Å². The van der Waals surface area contributed by atoms with Gasteiger partial charge in [0.25, 0.3) is 5.56 Å². The number of rotatable bonds is 3. The molecule has 0 saturated carbocycles. The summed E-state index contributed by atoms with van der Waals surface area (Å²) in [5.74, 6) is 0.364. The van der Waals surface area contributed by atoms with Gasteiger partial charge < -0.3 is 5.73 Å². The van der Waals surface area contributed by atoms with Crippen LogP contribution in [0.5, 0.6) is 0 Å². The first kappa shape index (κ1) is 14.1. The van der Waals surface area contributed by atoms with Crippen LogP contribution < -0.4 is 11.3 Å². The van der Waals surface area contributed by atoms with Crippen LogP contribution in [0.1, 0.15) is 0 Å². The second kappa shape index (κ2) is 5.87. The van der Waals surface area contributed by atoms with Crippen molar-refractivity contribution in [1.29, 1.82) is 0 Å². The summed E-state index contributed by atoms with van der Waals surface area (Å²) in [6, 6.07) is 12.8. The summed E-state index contributed by atoms with van der Waals surface area (Å²) in [7, 11) is 0. The van der Waals surface area contributed by atoms with Crippen molar-refractivity contribution in [2.75, 3.05) is 5.73 Å². The molecule has 0 aliphatic rings. The maximum absolute atomic E-state index is 12.3. The van der Waals surface area contributed by atoms with E-state index >= 15 is 0 Å². The third-order valence-corrected chi connectivity index (χ3v) is 4.49. The molecule has 7 heteroatoms. The monoisotopic (exact) mass is 362 g/mol. The zero-order valence-corrected chi connectivity index (χ0v) is 13.3. The Balaban J connectivity index is 1.88. The zero-order valence-electron chi connectivity index (χ0n) is 10.9. The molecule has 0 spiro atoms. The highest BCUT2D eigenvalue weighted by molar-refractivity contribution is 9.10. The molecule has 0 radical (unpaired) electrons. The maximum Gasteiger partial charge on any atom is 0.278 e. The summed E-state index contributed by atoms with van der Waals surface area (Å²) < 4.78 is 2.26. The van der Waals surface area contributed by atoms with Gasteiger partial charge in [-0.2, -0.15) is 0 Å². The fourth-order valence-electron chi connectivity index (χ4n) is 1.89. The first-order valence-electron chi connectivity index (χ1n) is 6.15. The zero-order chi connectivity index (χ0) is 14.8. The number of fused-ring (bicyclic) bond motifs is 1. The van der Waals surface area contributed by atoms with Gasteiger partial charge in [-0.3, -0.25) is 4.79 Å². The van der Waals surface area contributed by atoms with Gasteiger partial charge in [0, 0.05) is 15.1 Å². The van der Waals surface area contributed by atoms with Crippen LogP contribution in [0.3, 0.4) is 0 Å². The van der Waals surface area contributed by atoms with Crippen LogP contribution in [0.25, 0.3) is 10.9 Å². The van der Waals surface area contributed by atoms with Gasteiger partial charge in [-0.1, -0.05) is 45.0 Å². The van der Waals surface area contributed by atoms with E-state index in [9.17, 15) is 4.79 Å². The van der Waals surface area contributed by atoms with Crippen LogP contribution >= 0.6 is 27.7 Å². The number of hydrogen-bond acceptors (Lipinski definition) is 5. The number of nitrogens with two attached hydrogens (primary N) is 1. The Morgan fingerprint density at radius 1 is 1.24 bits per heavy atom. The van der Waals surface area contributed by atoms with Crippen molar-refractivity contribution < 1.29 is 0 Å². The van der Waals surface area contributed by atoms with Gasteiger partial charge in [0.1, 0.15) is 5.52 Å². The first-order chi connectivity index (χ1) is 10.1. The molecule has 3 rings (SSSR count). The maximum atomic E-state index is 12.3. The fourth-order valence-corrected chi connectivity index (χ4v) is 3.09. The lowest BCUT2D eigenvalue weighted by Crippen LogP contribution is -2.23. The molecule has 21 heavy (non-hydrogen) atoms. The highest BCUT2D eigenvalue weighted by Gasteiger charge is 2.06. The molecule has 5 nitrogen and oxygen atoms in total. The van der Waals surface area contributed by atoms with Crippen LogP contribution in [0, 0.1) is 0 Å². The molecule has 0 aliphatic heterocycles. The van der Waals surface area contributed by atoms with Crippen LogP contribution in [0.2, 0.25) is 0 Å². The summed E-state index contributed by atoms with van der Waals surface area (Å²) in [6.07, 6.45) is 0. The lowest BCUT2D eigenvalue weighted by Gasteiger charge is -2.07. The predicted molar refractivity (Wildman–Crippen MR) is 88.2 cm³/mol. The van der Waals surface area contributed by atoms with Gasteiger partial charge in [-0.05, 0) is 30.3 Å². The number of thioether (sulfide) groups is 1. The molecule has 0 bridgehead atoms. The SMILES string of the molecule is Nc1cc(Br)ccc1SCn1nnc2ccccc2c1=O. The predicted octanol–water partition coefficient (Wildman–Crippen LogP) is 2.89.